The third-order valence-corrected chi connectivity index (χ3v) is 0.952. The summed E-state index contributed by atoms with van der Waals surface area (Å²) in [5.41, 5.74) is 9.94. The molecule has 0 aliphatic carbocycles. The van der Waals surface area contributed by atoms with Crippen LogP contribution in [-0.4, -0.2) is 24.9 Å². The molecule has 0 fully saturated rings. The maximum atomic E-state index is 10.1. The molecule has 10 heavy (non-hydrogen) atoms. The Morgan fingerprint density at radius 3 is 2.70 bits per heavy atom. The Bertz CT molecular complexity index is 126. The van der Waals surface area contributed by atoms with E-state index in [1.54, 1.807) is 0 Å². The van der Waals surface area contributed by atoms with Gasteiger partial charge >= 0.3 is 6.03 Å². The lowest BCUT2D eigenvalue weighted by Crippen LogP contribution is -2.34. The average Bonchev–Trinajstić information content (AvgIpc) is 1.87. The lowest BCUT2D eigenvalue weighted by atomic mass is 10.2. The van der Waals surface area contributed by atoms with Gasteiger partial charge in [0, 0.05) is 6.54 Å². The van der Waals surface area contributed by atoms with Gasteiger partial charge in [0.05, 0.1) is 6.04 Å². The fraction of sp³-hybridized carbons (Fsp3) is 0.600. The number of primary amides is 1. The van der Waals surface area contributed by atoms with Crippen LogP contribution in [0.5, 0.6) is 0 Å². The van der Waals surface area contributed by atoms with E-state index in [0.29, 0.717) is 19.3 Å². The van der Waals surface area contributed by atoms with Crippen molar-refractivity contribution >= 4 is 12.3 Å². The Hall–Kier alpha value is -1.10. The average molecular weight is 145 g/mol. The molecule has 0 unspecified atom stereocenters. The van der Waals surface area contributed by atoms with Gasteiger partial charge in [-0.2, -0.15) is 0 Å². The van der Waals surface area contributed by atoms with E-state index in [9.17, 15) is 9.59 Å². The number of rotatable bonds is 4. The van der Waals surface area contributed by atoms with Gasteiger partial charge in [0.15, 0.2) is 0 Å². The first-order chi connectivity index (χ1) is 4.66. The van der Waals surface area contributed by atoms with Crippen molar-refractivity contribution in [2.24, 2.45) is 11.5 Å². The highest BCUT2D eigenvalue weighted by atomic mass is 16.2. The number of hydrogen-bond acceptors (Lipinski definition) is 3. The molecule has 0 aliphatic rings. The molecule has 0 aliphatic heterocycles. The van der Waals surface area contributed by atoms with Crippen LogP contribution in [0.15, 0.2) is 0 Å². The van der Waals surface area contributed by atoms with E-state index >= 15 is 0 Å². The van der Waals surface area contributed by atoms with E-state index < -0.39 is 12.1 Å². The van der Waals surface area contributed by atoms with Crippen molar-refractivity contribution in [1.29, 1.82) is 0 Å². The Kier molecular flexibility index (Phi) is 4.23. The SMILES string of the molecule is NC(=O)NCC[C@H](N)C=O. The summed E-state index contributed by atoms with van der Waals surface area (Å²) >= 11 is 0. The highest BCUT2D eigenvalue weighted by Gasteiger charge is 1.98. The molecular weight excluding hydrogens is 134 g/mol. The zero-order chi connectivity index (χ0) is 7.98. The maximum absolute atomic E-state index is 10.1. The van der Waals surface area contributed by atoms with Crippen LogP contribution in [0, 0.1) is 0 Å². The van der Waals surface area contributed by atoms with Gasteiger partial charge in [0.25, 0.3) is 0 Å². The number of carbonyl (C=O) groups is 2. The van der Waals surface area contributed by atoms with Crippen LogP contribution >= 0.6 is 0 Å². The molecule has 0 aromatic heterocycles. The molecular formula is C5H11N3O2. The van der Waals surface area contributed by atoms with Crippen molar-refractivity contribution in [1.82, 2.24) is 5.32 Å². The molecule has 0 saturated heterocycles. The summed E-state index contributed by atoms with van der Waals surface area (Å²) in [7, 11) is 0. The number of nitrogens with two attached hydrogens (primary N) is 2. The number of amides is 2. The molecule has 0 bridgehead atoms. The van der Waals surface area contributed by atoms with Gasteiger partial charge in [-0.1, -0.05) is 0 Å². The number of nitrogens with one attached hydrogen (secondary N) is 1. The lowest BCUT2D eigenvalue weighted by molar-refractivity contribution is -0.109. The summed E-state index contributed by atoms with van der Waals surface area (Å²) < 4.78 is 0. The maximum Gasteiger partial charge on any atom is 0.312 e. The Balaban J connectivity index is 3.19. The molecule has 58 valence electrons. The Morgan fingerprint density at radius 1 is 1.70 bits per heavy atom. The smallest absolute Gasteiger partial charge is 0.312 e. The molecule has 5 N–H and O–H groups in total. The predicted molar refractivity (Wildman–Crippen MR) is 36.2 cm³/mol. The fourth-order valence-corrected chi connectivity index (χ4v) is 0.430. The third kappa shape index (κ3) is 5.04. The van der Waals surface area contributed by atoms with Crippen LogP contribution < -0.4 is 16.8 Å². The molecule has 0 spiro atoms. The molecule has 5 heteroatoms. The molecule has 0 radical (unpaired) electrons. The van der Waals surface area contributed by atoms with E-state index in [2.05, 4.69) is 5.32 Å². The summed E-state index contributed by atoms with van der Waals surface area (Å²) in [5.74, 6) is 0. The first-order valence-corrected chi connectivity index (χ1v) is 2.91. The van der Waals surface area contributed by atoms with Crippen molar-refractivity contribution in [3.63, 3.8) is 0 Å². The van der Waals surface area contributed by atoms with Gasteiger partial charge in [-0.3, -0.25) is 0 Å². The largest absolute Gasteiger partial charge is 0.352 e. The van der Waals surface area contributed by atoms with Crippen LogP contribution in [0.1, 0.15) is 6.42 Å². The van der Waals surface area contributed by atoms with Crippen LogP contribution in [0.2, 0.25) is 0 Å². The van der Waals surface area contributed by atoms with Crippen molar-refractivity contribution in [3.05, 3.63) is 0 Å². The fourth-order valence-electron chi connectivity index (χ4n) is 0.430. The Labute approximate surface area is 58.8 Å². The van der Waals surface area contributed by atoms with Gasteiger partial charge in [-0.05, 0) is 6.42 Å². The molecule has 0 rings (SSSR count). The van der Waals surface area contributed by atoms with E-state index in [-0.39, 0.29) is 0 Å². The summed E-state index contributed by atoms with van der Waals surface area (Å²) in [6.45, 7) is 0.342. The number of aldehydes is 1. The summed E-state index contributed by atoms with van der Waals surface area (Å²) in [5, 5.41) is 2.31. The second-order valence-corrected chi connectivity index (χ2v) is 1.88. The van der Waals surface area contributed by atoms with Gasteiger partial charge < -0.3 is 21.6 Å². The molecule has 0 aromatic rings. The minimum atomic E-state index is -0.599. The predicted octanol–water partition coefficient (Wildman–Crippen LogP) is -1.43. The van der Waals surface area contributed by atoms with Gasteiger partial charge in [-0.25, -0.2) is 4.79 Å². The molecule has 1 atom stereocenters. The second kappa shape index (κ2) is 4.75. The number of carbonyl (C=O) groups excluding carboxylic acids is 2. The van der Waals surface area contributed by atoms with Crippen molar-refractivity contribution in [3.8, 4) is 0 Å². The van der Waals surface area contributed by atoms with Gasteiger partial charge in [-0.15, -0.1) is 0 Å². The zero-order valence-electron chi connectivity index (χ0n) is 5.54. The third-order valence-electron chi connectivity index (χ3n) is 0.952. The van der Waals surface area contributed by atoms with E-state index in [0.717, 1.165) is 0 Å². The highest BCUT2D eigenvalue weighted by Crippen LogP contribution is 1.79. The van der Waals surface area contributed by atoms with E-state index in [1.165, 1.54) is 0 Å². The molecule has 0 aromatic carbocycles. The minimum absolute atomic E-state index is 0.342. The van der Waals surface area contributed by atoms with Crippen molar-refractivity contribution in [2.45, 2.75) is 12.5 Å². The van der Waals surface area contributed by atoms with Crippen molar-refractivity contribution < 1.29 is 9.59 Å². The first kappa shape index (κ1) is 8.90. The first-order valence-electron chi connectivity index (χ1n) is 2.91. The molecule has 2 amide bonds. The quantitative estimate of drug-likeness (QED) is 0.423. The summed E-state index contributed by atoms with van der Waals surface area (Å²) in [6.07, 6.45) is 1.05. The van der Waals surface area contributed by atoms with Crippen LogP contribution in [0.4, 0.5) is 4.79 Å². The standard InChI is InChI=1S/C5H11N3O2/c6-4(3-9)1-2-8-5(7)10/h3-4H,1-2,6H2,(H3,7,8,10)/t4-/m0/s1. The van der Waals surface area contributed by atoms with E-state index in [4.69, 9.17) is 11.5 Å². The van der Waals surface area contributed by atoms with Gasteiger partial charge in [0.1, 0.15) is 6.29 Å². The van der Waals surface area contributed by atoms with Crippen molar-refractivity contribution in [2.75, 3.05) is 6.54 Å². The molecule has 0 saturated carbocycles. The topological polar surface area (TPSA) is 98.2 Å². The number of urea groups is 1. The van der Waals surface area contributed by atoms with Crippen LogP contribution in [-0.2, 0) is 4.79 Å². The highest BCUT2D eigenvalue weighted by molar-refractivity contribution is 5.71. The normalized spacial score (nSPS) is 12.1. The van der Waals surface area contributed by atoms with Crippen LogP contribution in [0.25, 0.3) is 0 Å². The van der Waals surface area contributed by atoms with Crippen LogP contribution in [0.3, 0.4) is 0 Å². The lowest BCUT2D eigenvalue weighted by Gasteiger charge is -2.02. The zero-order valence-corrected chi connectivity index (χ0v) is 5.54. The monoisotopic (exact) mass is 145 g/mol. The summed E-state index contributed by atoms with van der Waals surface area (Å²) in [4.78, 5) is 20.0. The molecule has 0 heterocycles. The Morgan fingerprint density at radius 2 is 2.30 bits per heavy atom. The van der Waals surface area contributed by atoms with Gasteiger partial charge in [0.2, 0.25) is 0 Å². The minimum Gasteiger partial charge on any atom is -0.352 e. The molecule has 5 nitrogen and oxygen atoms in total. The number of hydrogen-bond donors (Lipinski definition) is 3. The second-order valence-electron chi connectivity index (χ2n) is 1.88. The summed E-state index contributed by atoms with van der Waals surface area (Å²) in [6, 6.07) is -1.11. The van der Waals surface area contributed by atoms with E-state index in [1.807, 2.05) is 0 Å².